The minimum absolute atomic E-state index is 0.0342. The van der Waals surface area contributed by atoms with Crippen molar-refractivity contribution in [1.29, 1.82) is 0 Å². The van der Waals surface area contributed by atoms with Crippen LogP contribution in [0.5, 0.6) is 0 Å². The van der Waals surface area contributed by atoms with Crippen molar-refractivity contribution in [3.63, 3.8) is 0 Å². The molecule has 5 heterocycles. The highest BCUT2D eigenvalue weighted by atomic mass is 16.7. The second-order valence-electron chi connectivity index (χ2n) is 16.3. The highest BCUT2D eigenvalue weighted by molar-refractivity contribution is 5.99. The molecule has 16 atom stereocenters. The van der Waals surface area contributed by atoms with Gasteiger partial charge in [-0.1, -0.05) is 59.6 Å². The van der Waals surface area contributed by atoms with Crippen molar-refractivity contribution in [2.75, 3.05) is 0 Å². The van der Waals surface area contributed by atoms with Gasteiger partial charge in [-0.25, -0.2) is 0 Å². The number of nitrogens with zero attached hydrogens (tertiary/aromatic N) is 2. The largest absolute Gasteiger partial charge is 0.375 e. The van der Waals surface area contributed by atoms with Gasteiger partial charge in [0.15, 0.2) is 5.78 Å². The third-order valence-electron chi connectivity index (χ3n) is 13.9. The number of hydrogen-bond acceptors (Lipinski definition) is 10. The van der Waals surface area contributed by atoms with E-state index in [1.807, 2.05) is 0 Å². The lowest BCUT2D eigenvalue weighted by Gasteiger charge is -2.34. The van der Waals surface area contributed by atoms with Crippen LogP contribution in [0.4, 0.5) is 0 Å². The Morgan fingerprint density at radius 3 is 2.25 bits per heavy atom. The van der Waals surface area contributed by atoms with Crippen molar-refractivity contribution in [3.8, 4) is 0 Å². The van der Waals surface area contributed by atoms with Crippen molar-refractivity contribution in [2.45, 2.75) is 167 Å². The highest BCUT2D eigenvalue weighted by Gasteiger charge is 2.52. The van der Waals surface area contributed by atoms with E-state index in [1.165, 1.54) is 5.71 Å². The van der Waals surface area contributed by atoms with E-state index in [1.54, 1.807) is 0 Å². The molecule has 1 saturated carbocycles. The fourth-order valence-corrected chi connectivity index (χ4v) is 10.9. The van der Waals surface area contributed by atoms with Crippen molar-refractivity contribution in [2.24, 2.45) is 46.4 Å². The fourth-order valence-electron chi connectivity index (χ4n) is 10.9. The van der Waals surface area contributed by atoms with Gasteiger partial charge in [0.05, 0.1) is 6.04 Å². The normalized spacial score (nSPS) is 46.6. The van der Waals surface area contributed by atoms with Gasteiger partial charge in [-0.2, -0.15) is 0 Å². The molecule has 3 saturated heterocycles. The second-order valence-corrected chi connectivity index (χ2v) is 16.3. The topological polar surface area (TPSA) is 136 Å². The first-order valence-electron chi connectivity index (χ1n) is 19.4. The molecule has 0 radical (unpaired) electrons. The van der Waals surface area contributed by atoms with Crippen LogP contribution >= 0.6 is 0 Å². The summed E-state index contributed by atoms with van der Waals surface area (Å²) >= 11 is 0. The molecule has 0 aromatic rings. The van der Waals surface area contributed by atoms with Gasteiger partial charge in [0.25, 0.3) is 0 Å². The zero-order chi connectivity index (χ0) is 34.4. The summed E-state index contributed by atoms with van der Waals surface area (Å²) in [6.45, 7) is 18.4. The van der Waals surface area contributed by atoms with E-state index in [0.717, 1.165) is 43.6 Å². The maximum atomic E-state index is 13.4. The summed E-state index contributed by atoms with van der Waals surface area (Å²) in [6, 6.07) is 1.53. The fraction of sp³-hybridized carbons (Fsp3) is 0.868. The molecule has 10 nitrogen and oxygen atoms in total. The molecule has 1 aliphatic carbocycles. The van der Waals surface area contributed by atoms with Gasteiger partial charge in [-0.3, -0.25) is 14.6 Å². The second kappa shape index (κ2) is 14.9. The number of hydrogen-bond donors (Lipinski definition) is 5. The molecule has 5 N–H and O–H groups in total. The maximum Gasteiger partial charge on any atom is 0.325 e. The van der Waals surface area contributed by atoms with Gasteiger partial charge in [-0.15, -0.1) is 0 Å². The minimum atomic E-state index is -0.980. The summed E-state index contributed by atoms with van der Waals surface area (Å²) < 4.78 is 0. The smallest absolute Gasteiger partial charge is 0.325 e. The first kappa shape index (κ1) is 36.1. The molecule has 0 spiro atoms. The summed E-state index contributed by atoms with van der Waals surface area (Å²) in [5.41, 5.74) is 2.03. The van der Waals surface area contributed by atoms with Crippen LogP contribution in [-0.2, 0) is 14.4 Å². The van der Waals surface area contributed by atoms with Crippen LogP contribution in [0.15, 0.2) is 17.1 Å². The van der Waals surface area contributed by atoms with E-state index in [0.29, 0.717) is 73.1 Å². The summed E-state index contributed by atoms with van der Waals surface area (Å²) in [7, 11) is 0. The van der Waals surface area contributed by atoms with E-state index in [9.17, 15) is 19.8 Å². The number of rotatable bonds is 7. The van der Waals surface area contributed by atoms with Crippen LogP contribution in [0.2, 0.25) is 0 Å². The number of Topliss-reactive ketones (excluding diaryl/α,β-unsaturated/α-hetero) is 1. The molecule has 6 bridgehead atoms. The Bertz CT molecular complexity index is 1220. The van der Waals surface area contributed by atoms with E-state index >= 15 is 0 Å². The summed E-state index contributed by atoms with van der Waals surface area (Å²) in [5, 5.41) is 33.6. The highest BCUT2D eigenvalue weighted by Crippen LogP contribution is 2.45. The molecule has 6 unspecified atom stereocenters. The lowest BCUT2D eigenvalue weighted by molar-refractivity contribution is -0.261. The van der Waals surface area contributed by atoms with Gasteiger partial charge in [0.1, 0.15) is 12.5 Å². The summed E-state index contributed by atoms with van der Waals surface area (Å²) in [6.07, 6.45) is 6.21. The molecular weight excluding hydrogens is 606 g/mol. The zero-order valence-electron chi connectivity index (χ0n) is 30.2. The number of aliphatic hydroxyl groups excluding tert-OH is 2. The third kappa shape index (κ3) is 6.83. The quantitative estimate of drug-likeness (QED) is 0.254. The summed E-state index contributed by atoms with van der Waals surface area (Å²) in [4.78, 5) is 37.4. The van der Waals surface area contributed by atoms with E-state index in [2.05, 4.69) is 64.1 Å². The Morgan fingerprint density at radius 2 is 1.58 bits per heavy atom. The van der Waals surface area contributed by atoms with Crippen LogP contribution in [-0.4, -0.2) is 87.5 Å². The Morgan fingerprint density at radius 1 is 0.896 bits per heavy atom. The molecular formula is C38H63N5O5. The molecule has 10 heteroatoms. The van der Waals surface area contributed by atoms with Crippen LogP contribution in [0.3, 0.4) is 0 Å². The predicted octanol–water partition coefficient (Wildman–Crippen LogP) is 4.10. The first-order chi connectivity index (χ1) is 22.9. The minimum Gasteiger partial charge on any atom is -0.375 e. The van der Waals surface area contributed by atoms with Crippen LogP contribution in [0, 0.1) is 41.4 Å². The lowest BCUT2D eigenvalue weighted by atomic mass is 9.77. The number of carbonyl (C=O) groups is 2. The van der Waals surface area contributed by atoms with Gasteiger partial charge < -0.3 is 31.0 Å². The van der Waals surface area contributed by atoms with Crippen molar-refractivity contribution in [1.82, 2.24) is 21.0 Å². The number of nitrogens with one attached hydrogen (secondary N) is 3. The first-order valence-corrected chi connectivity index (χ1v) is 19.4. The molecule has 5 aliphatic heterocycles. The van der Waals surface area contributed by atoms with E-state index < -0.39 is 18.4 Å². The predicted molar refractivity (Wildman–Crippen MR) is 187 cm³/mol. The molecule has 48 heavy (non-hydrogen) atoms. The summed E-state index contributed by atoms with van der Waals surface area (Å²) in [5.74, 6) is 2.35. The third-order valence-corrected chi connectivity index (χ3v) is 13.9. The van der Waals surface area contributed by atoms with Crippen LogP contribution in [0.1, 0.15) is 112 Å². The number of carbonyl (C=O) groups excluding carboxylic acids is 2. The number of ketones is 1. The van der Waals surface area contributed by atoms with Crippen LogP contribution < -0.4 is 16.0 Å². The molecule has 0 aromatic carbocycles. The SMILES string of the molecule is C=C1C(=O)C[C@@H]2C1N[C@H](CC)CC1=N[C@@H](CC3NC(C[C@H]4N[C@@H]2[C@@H](CCC(=O)ON2C(O)CCC2O)[C@@H]4C)[C@@H](C)[C@H]3CC)C(C)[C@H]1CC. The number of aliphatic hydroxyl groups is 2. The molecule has 0 aromatic heterocycles. The molecule has 4 fully saturated rings. The average Bonchev–Trinajstić information content (AvgIpc) is 3.80. The van der Waals surface area contributed by atoms with Gasteiger partial charge in [0, 0.05) is 78.6 Å². The lowest BCUT2D eigenvalue weighted by Crippen LogP contribution is -2.50. The van der Waals surface area contributed by atoms with E-state index in [-0.39, 0.29) is 54.1 Å². The van der Waals surface area contributed by atoms with E-state index in [4.69, 9.17) is 9.83 Å². The van der Waals surface area contributed by atoms with Gasteiger partial charge in [0.2, 0.25) is 0 Å². The number of aliphatic imine (C=N–C) groups is 1. The molecule has 270 valence electrons. The Hall–Kier alpha value is -1.69. The Kier molecular flexibility index (Phi) is 11.2. The molecule has 6 aliphatic rings. The van der Waals surface area contributed by atoms with Crippen molar-refractivity contribution < 1.29 is 24.6 Å². The van der Waals surface area contributed by atoms with Crippen molar-refractivity contribution in [3.05, 3.63) is 12.2 Å². The van der Waals surface area contributed by atoms with Gasteiger partial charge >= 0.3 is 5.97 Å². The molecule has 6 rings (SSSR count). The number of hydroxylamine groups is 2. The number of fused-ring (bicyclic) bond motifs is 7. The van der Waals surface area contributed by atoms with Crippen molar-refractivity contribution >= 4 is 17.5 Å². The standard InChI is InChI=1S/C38H63N5O5/c1-8-23-15-31-24(9-2)19(4)29(40-31)18-32-25(10-3)20(5)28(41-32)17-30-21(6)26(11-14-36(47)48-43-34(45)12-13-35(43)46)38(42-30)27-16-33(44)22(7)37(27)39-23/h19-21,23-30,32,34-35,37-39,41-42,45-46H,7-18H2,1-6H3/t19?,20-,21-,23+,24+,25+,26-,27+,28?,29-,30+,32?,34?,35?,37?,38+/m0/s1. The molecule has 0 amide bonds. The van der Waals surface area contributed by atoms with Gasteiger partial charge in [-0.05, 0) is 74.5 Å². The maximum absolute atomic E-state index is 13.4. The Balaban J connectivity index is 1.29. The Labute approximate surface area is 288 Å². The average molecular weight is 670 g/mol. The van der Waals surface area contributed by atoms with Crippen LogP contribution in [0.25, 0.3) is 0 Å². The zero-order valence-corrected chi connectivity index (χ0v) is 30.2. The monoisotopic (exact) mass is 669 g/mol.